The van der Waals surface area contributed by atoms with Crippen LogP contribution >= 0.6 is 0 Å². The number of rotatable bonds is 8. The standard InChI is InChI=1S/C28H40N4O2/c1-18-9-10-20(19(2)16-18)17-23(33)22-13-14-25(34)31(6)26(22)27-30-29-24(32(27)21-11-12-21)8-7-15-28(3,4)5/h9-10,16,21-22,26H,7-8,11-15,17H2,1-6H3/t22-,26-/m0/s1. The minimum absolute atomic E-state index is 0.0835. The lowest BCUT2D eigenvalue weighted by Crippen LogP contribution is -2.44. The Bertz CT molecular complexity index is 1060. The van der Waals surface area contributed by atoms with Crippen LogP contribution in [0, 0.1) is 25.2 Å². The van der Waals surface area contributed by atoms with Crippen molar-refractivity contribution in [2.45, 2.75) is 98.1 Å². The van der Waals surface area contributed by atoms with Crippen LogP contribution in [0.3, 0.4) is 0 Å². The molecule has 1 aromatic heterocycles. The second kappa shape index (κ2) is 9.63. The highest BCUT2D eigenvalue weighted by atomic mass is 16.2. The Labute approximate surface area is 204 Å². The van der Waals surface area contributed by atoms with Crippen LogP contribution in [0.25, 0.3) is 0 Å². The van der Waals surface area contributed by atoms with Crippen molar-refractivity contribution in [2.24, 2.45) is 11.3 Å². The van der Waals surface area contributed by atoms with Gasteiger partial charge in [-0.1, -0.05) is 44.5 Å². The maximum Gasteiger partial charge on any atom is 0.222 e. The maximum atomic E-state index is 13.6. The third-order valence-corrected chi connectivity index (χ3v) is 7.43. The van der Waals surface area contributed by atoms with Crippen LogP contribution in [0.4, 0.5) is 0 Å². The Hall–Kier alpha value is -2.50. The van der Waals surface area contributed by atoms with Gasteiger partial charge in [0, 0.05) is 38.3 Å². The first-order chi connectivity index (χ1) is 16.0. The summed E-state index contributed by atoms with van der Waals surface area (Å²) in [5.74, 6) is 1.83. The molecule has 1 aliphatic heterocycles. The van der Waals surface area contributed by atoms with Crippen molar-refractivity contribution in [1.82, 2.24) is 19.7 Å². The lowest BCUT2D eigenvalue weighted by Gasteiger charge is -2.38. The van der Waals surface area contributed by atoms with Crippen LogP contribution < -0.4 is 0 Å². The van der Waals surface area contributed by atoms with Crippen molar-refractivity contribution in [2.75, 3.05) is 7.05 Å². The number of nitrogens with zero attached hydrogens (tertiary/aromatic N) is 4. The van der Waals surface area contributed by atoms with Gasteiger partial charge in [0.15, 0.2) is 5.82 Å². The number of benzene rings is 1. The van der Waals surface area contributed by atoms with E-state index in [0.717, 1.165) is 54.9 Å². The second-order valence-corrected chi connectivity index (χ2v) is 11.7. The number of aryl methyl sites for hydroxylation is 3. The molecule has 2 atom stereocenters. The first kappa shape index (κ1) is 24.6. The number of hydrogen-bond acceptors (Lipinski definition) is 4. The van der Waals surface area contributed by atoms with E-state index in [1.54, 1.807) is 4.90 Å². The van der Waals surface area contributed by atoms with Crippen LogP contribution in [0.15, 0.2) is 18.2 Å². The van der Waals surface area contributed by atoms with Crippen LogP contribution in [0.2, 0.25) is 0 Å². The molecule has 6 nitrogen and oxygen atoms in total. The normalized spacial score (nSPS) is 21.2. The van der Waals surface area contributed by atoms with Gasteiger partial charge < -0.3 is 9.47 Å². The van der Waals surface area contributed by atoms with Crippen molar-refractivity contribution in [3.63, 3.8) is 0 Å². The zero-order valence-corrected chi connectivity index (χ0v) is 21.7. The van der Waals surface area contributed by atoms with E-state index in [4.69, 9.17) is 0 Å². The van der Waals surface area contributed by atoms with Gasteiger partial charge in [0.1, 0.15) is 17.6 Å². The molecule has 1 saturated carbocycles. The van der Waals surface area contributed by atoms with Gasteiger partial charge in [-0.25, -0.2) is 0 Å². The number of hydrogen-bond donors (Lipinski definition) is 0. The number of likely N-dealkylation sites (tertiary alicyclic amines) is 1. The van der Waals surface area contributed by atoms with Gasteiger partial charge in [-0.05, 0) is 62.5 Å². The van der Waals surface area contributed by atoms with E-state index in [1.165, 1.54) is 5.56 Å². The second-order valence-electron chi connectivity index (χ2n) is 11.7. The Kier molecular flexibility index (Phi) is 6.97. The smallest absolute Gasteiger partial charge is 0.222 e. The van der Waals surface area contributed by atoms with Crippen LogP contribution in [-0.2, 0) is 22.4 Å². The quantitative estimate of drug-likeness (QED) is 0.530. The molecular formula is C28H40N4O2. The van der Waals surface area contributed by atoms with Crippen LogP contribution in [-0.4, -0.2) is 38.4 Å². The van der Waals surface area contributed by atoms with Crippen molar-refractivity contribution in [3.05, 3.63) is 46.5 Å². The molecule has 34 heavy (non-hydrogen) atoms. The number of carbonyl (C=O) groups is 2. The third kappa shape index (κ3) is 5.42. The fourth-order valence-corrected chi connectivity index (χ4v) is 5.31. The minimum atomic E-state index is -0.344. The number of Topliss-reactive ketones (excluding diaryl/α,β-unsaturated/α-hetero) is 1. The lowest BCUT2D eigenvalue weighted by atomic mass is 9.82. The molecule has 4 rings (SSSR count). The first-order valence-electron chi connectivity index (χ1n) is 12.8. The largest absolute Gasteiger partial charge is 0.335 e. The number of amides is 1. The van der Waals surface area contributed by atoms with Gasteiger partial charge in [-0.15, -0.1) is 10.2 Å². The Balaban J connectivity index is 1.61. The van der Waals surface area contributed by atoms with Gasteiger partial charge in [0.25, 0.3) is 0 Å². The molecule has 0 N–H and O–H groups in total. The number of piperidine rings is 1. The summed E-state index contributed by atoms with van der Waals surface area (Å²) in [7, 11) is 1.83. The van der Waals surface area contributed by atoms with Gasteiger partial charge in [0.2, 0.25) is 5.91 Å². The fraction of sp³-hybridized carbons (Fsp3) is 0.643. The predicted octanol–water partition coefficient (Wildman–Crippen LogP) is 5.32. The molecule has 0 bridgehead atoms. The van der Waals surface area contributed by atoms with Crippen molar-refractivity contribution >= 4 is 11.7 Å². The van der Waals surface area contributed by atoms with Crippen LogP contribution in [0.5, 0.6) is 0 Å². The molecule has 0 radical (unpaired) electrons. The summed E-state index contributed by atoms with van der Waals surface area (Å²) in [6.45, 7) is 10.9. The molecule has 1 amide bonds. The average molecular weight is 465 g/mol. The van der Waals surface area contributed by atoms with E-state index in [9.17, 15) is 9.59 Å². The van der Waals surface area contributed by atoms with E-state index >= 15 is 0 Å². The van der Waals surface area contributed by atoms with Gasteiger partial charge in [0.05, 0.1) is 0 Å². The summed E-state index contributed by atoms with van der Waals surface area (Å²) in [4.78, 5) is 28.1. The summed E-state index contributed by atoms with van der Waals surface area (Å²) in [5, 5.41) is 9.23. The molecule has 1 aliphatic carbocycles. The van der Waals surface area contributed by atoms with Gasteiger partial charge in [-0.3, -0.25) is 9.59 Å². The zero-order chi connectivity index (χ0) is 24.6. The van der Waals surface area contributed by atoms with Gasteiger partial charge in [-0.2, -0.15) is 0 Å². The summed E-state index contributed by atoms with van der Waals surface area (Å²) in [5.41, 5.74) is 3.70. The minimum Gasteiger partial charge on any atom is -0.335 e. The van der Waals surface area contributed by atoms with E-state index in [-0.39, 0.29) is 29.1 Å². The molecule has 1 aromatic carbocycles. The van der Waals surface area contributed by atoms with Crippen LogP contribution in [0.1, 0.15) is 99.7 Å². The summed E-state index contributed by atoms with van der Waals surface area (Å²) in [6.07, 6.45) is 6.67. The number of ketones is 1. The lowest BCUT2D eigenvalue weighted by molar-refractivity contribution is -0.141. The fourth-order valence-electron chi connectivity index (χ4n) is 5.31. The monoisotopic (exact) mass is 464 g/mol. The summed E-state index contributed by atoms with van der Waals surface area (Å²) >= 11 is 0. The molecule has 2 aromatic rings. The highest BCUT2D eigenvalue weighted by molar-refractivity contribution is 5.87. The van der Waals surface area contributed by atoms with Gasteiger partial charge >= 0.3 is 0 Å². The Morgan fingerprint density at radius 1 is 1.12 bits per heavy atom. The van der Waals surface area contributed by atoms with Crippen molar-refractivity contribution in [1.29, 1.82) is 0 Å². The predicted molar refractivity (Wildman–Crippen MR) is 134 cm³/mol. The molecular weight excluding hydrogens is 424 g/mol. The number of carbonyl (C=O) groups excluding carboxylic acids is 2. The first-order valence-corrected chi connectivity index (χ1v) is 12.8. The molecule has 0 unspecified atom stereocenters. The molecule has 6 heteroatoms. The Morgan fingerprint density at radius 3 is 2.50 bits per heavy atom. The van der Waals surface area contributed by atoms with Crippen molar-refractivity contribution in [3.8, 4) is 0 Å². The zero-order valence-electron chi connectivity index (χ0n) is 21.7. The SMILES string of the molecule is Cc1ccc(CC(=O)[C@@H]2CCC(=O)N(C)[C@@H]2c2nnc(CCCC(C)(C)C)n2C2CC2)c(C)c1. The van der Waals surface area contributed by atoms with E-state index in [0.29, 0.717) is 25.3 Å². The molecule has 1 saturated heterocycles. The number of aromatic nitrogens is 3. The maximum absolute atomic E-state index is 13.6. The molecule has 0 spiro atoms. The highest BCUT2D eigenvalue weighted by Crippen LogP contribution is 2.43. The molecule has 184 valence electrons. The molecule has 2 aliphatic rings. The summed E-state index contributed by atoms with van der Waals surface area (Å²) in [6, 6.07) is 6.32. The van der Waals surface area contributed by atoms with Crippen molar-refractivity contribution < 1.29 is 9.59 Å². The molecule has 2 heterocycles. The topological polar surface area (TPSA) is 68.1 Å². The Morgan fingerprint density at radius 2 is 1.85 bits per heavy atom. The third-order valence-electron chi connectivity index (χ3n) is 7.43. The van der Waals surface area contributed by atoms with E-state index < -0.39 is 0 Å². The van der Waals surface area contributed by atoms with E-state index in [1.807, 2.05) is 7.05 Å². The summed E-state index contributed by atoms with van der Waals surface area (Å²) < 4.78 is 2.28. The average Bonchev–Trinajstić information content (AvgIpc) is 3.51. The highest BCUT2D eigenvalue weighted by Gasteiger charge is 2.43. The van der Waals surface area contributed by atoms with E-state index in [2.05, 4.69) is 67.6 Å². The molecule has 2 fully saturated rings.